The van der Waals surface area contributed by atoms with Crippen LogP contribution in [0, 0.1) is 0 Å². The summed E-state index contributed by atoms with van der Waals surface area (Å²) >= 11 is 0. The zero-order valence-corrected chi connectivity index (χ0v) is 9.80. The van der Waals surface area contributed by atoms with Gasteiger partial charge < -0.3 is 10.5 Å². The second-order valence-corrected chi connectivity index (χ2v) is 4.36. The average Bonchev–Trinajstić information content (AvgIpc) is 2.31. The molecule has 1 fully saturated rings. The largest absolute Gasteiger partial charge is 0.379 e. The molecule has 3 nitrogen and oxygen atoms in total. The quantitative estimate of drug-likeness (QED) is 0.837. The molecule has 0 spiro atoms. The number of rotatable bonds is 3. The second kappa shape index (κ2) is 5.43. The average molecular weight is 220 g/mol. The Morgan fingerprint density at radius 2 is 1.81 bits per heavy atom. The fourth-order valence-electron chi connectivity index (χ4n) is 2.35. The highest BCUT2D eigenvalue weighted by Crippen LogP contribution is 2.23. The molecule has 0 unspecified atom stereocenters. The zero-order chi connectivity index (χ0) is 11.4. The molecule has 1 aromatic rings. The van der Waals surface area contributed by atoms with E-state index in [1.165, 1.54) is 5.56 Å². The van der Waals surface area contributed by atoms with E-state index in [4.69, 9.17) is 10.5 Å². The lowest BCUT2D eigenvalue weighted by atomic mass is 9.99. The summed E-state index contributed by atoms with van der Waals surface area (Å²) in [6, 6.07) is 11.0. The van der Waals surface area contributed by atoms with Crippen molar-refractivity contribution in [3.63, 3.8) is 0 Å². The van der Waals surface area contributed by atoms with Gasteiger partial charge in [-0.05, 0) is 12.5 Å². The van der Waals surface area contributed by atoms with Gasteiger partial charge in [0.05, 0.1) is 13.2 Å². The summed E-state index contributed by atoms with van der Waals surface area (Å²) < 4.78 is 5.38. The van der Waals surface area contributed by atoms with Gasteiger partial charge in [-0.2, -0.15) is 0 Å². The predicted molar refractivity (Wildman–Crippen MR) is 65.2 cm³/mol. The van der Waals surface area contributed by atoms with Crippen molar-refractivity contribution >= 4 is 0 Å². The Hall–Kier alpha value is -0.900. The van der Waals surface area contributed by atoms with Gasteiger partial charge in [-0.25, -0.2) is 0 Å². The second-order valence-electron chi connectivity index (χ2n) is 4.36. The number of benzene rings is 1. The third-order valence-electron chi connectivity index (χ3n) is 3.08. The molecule has 0 amide bonds. The van der Waals surface area contributed by atoms with Crippen LogP contribution in [0.25, 0.3) is 0 Å². The number of nitrogens with two attached hydrogens (primary N) is 1. The molecule has 1 saturated heterocycles. The Bertz CT molecular complexity index is 307. The lowest BCUT2D eigenvalue weighted by Gasteiger charge is -2.36. The van der Waals surface area contributed by atoms with Crippen molar-refractivity contribution in [3.05, 3.63) is 35.9 Å². The van der Waals surface area contributed by atoms with E-state index < -0.39 is 0 Å². The van der Waals surface area contributed by atoms with Gasteiger partial charge in [0.25, 0.3) is 0 Å². The topological polar surface area (TPSA) is 38.5 Å². The molecule has 1 aliphatic heterocycles. The van der Waals surface area contributed by atoms with Crippen LogP contribution in [-0.2, 0) is 4.74 Å². The van der Waals surface area contributed by atoms with Crippen LogP contribution in [0.4, 0.5) is 0 Å². The summed E-state index contributed by atoms with van der Waals surface area (Å²) in [5.74, 6) is 0. The Labute approximate surface area is 97.2 Å². The third kappa shape index (κ3) is 2.61. The van der Waals surface area contributed by atoms with E-state index in [0.717, 1.165) is 26.3 Å². The van der Waals surface area contributed by atoms with Gasteiger partial charge >= 0.3 is 0 Å². The smallest absolute Gasteiger partial charge is 0.0594 e. The summed E-state index contributed by atoms with van der Waals surface area (Å²) in [6.07, 6.45) is 0. The van der Waals surface area contributed by atoms with Crippen molar-refractivity contribution in [1.82, 2.24) is 4.90 Å². The van der Waals surface area contributed by atoms with Crippen LogP contribution in [-0.4, -0.2) is 37.2 Å². The zero-order valence-electron chi connectivity index (χ0n) is 9.80. The normalized spacial score (nSPS) is 21.6. The van der Waals surface area contributed by atoms with Crippen LogP contribution in [0.5, 0.6) is 0 Å². The first-order chi connectivity index (χ1) is 7.79. The summed E-state index contributed by atoms with van der Waals surface area (Å²) in [5, 5.41) is 0. The SMILES string of the molecule is C[C@H](N)[C@H](c1ccccc1)N1CCOCC1. The molecule has 88 valence electrons. The van der Waals surface area contributed by atoms with Crippen LogP contribution in [0.15, 0.2) is 30.3 Å². The molecule has 0 saturated carbocycles. The van der Waals surface area contributed by atoms with Crippen molar-refractivity contribution in [3.8, 4) is 0 Å². The number of ether oxygens (including phenoxy) is 1. The fraction of sp³-hybridized carbons (Fsp3) is 0.538. The van der Waals surface area contributed by atoms with E-state index in [1.807, 2.05) is 6.07 Å². The highest BCUT2D eigenvalue weighted by molar-refractivity contribution is 5.20. The van der Waals surface area contributed by atoms with Crippen LogP contribution in [0.3, 0.4) is 0 Å². The van der Waals surface area contributed by atoms with Crippen LogP contribution in [0.1, 0.15) is 18.5 Å². The number of hydrogen-bond donors (Lipinski definition) is 1. The molecule has 1 heterocycles. The first-order valence-electron chi connectivity index (χ1n) is 5.91. The Morgan fingerprint density at radius 3 is 2.38 bits per heavy atom. The van der Waals surface area contributed by atoms with Crippen LogP contribution < -0.4 is 5.73 Å². The van der Waals surface area contributed by atoms with Gasteiger partial charge in [-0.15, -0.1) is 0 Å². The summed E-state index contributed by atoms with van der Waals surface area (Å²) in [6.45, 7) is 5.65. The molecule has 0 radical (unpaired) electrons. The molecule has 2 atom stereocenters. The van der Waals surface area contributed by atoms with Gasteiger partial charge in [-0.1, -0.05) is 30.3 Å². The molecular formula is C13H20N2O. The highest BCUT2D eigenvalue weighted by atomic mass is 16.5. The van der Waals surface area contributed by atoms with E-state index in [0.29, 0.717) is 6.04 Å². The van der Waals surface area contributed by atoms with Crippen molar-refractivity contribution in [2.45, 2.75) is 19.0 Å². The predicted octanol–water partition coefficient (Wildman–Crippen LogP) is 1.41. The molecule has 1 aromatic carbocycles. The molecule has 16 heavy (non-hydrogen) atoms. The minimum Gasteiger partial charge on any atom is -0.379 e. The minimum absolute atomic E-state index is 0.139. The Kier molecular flexibility index (Phi) is 3.93. The van der Waals surface area contributed by atoms with Crippen molar-refractivity contribution in [1.29, 1.82) is 0 Å². The summed E-state index contributed by atoms with van der Waals surface area (Å²) in [4.78, 5) is 2.42. The minimum atomic E-state index is 0.139. The van der Waals surface area contributed by atoms with Crippen molar-refractivity contribution in [2.24, 2.45) is 5.73 Å². The lowest BCUT2D eigenvalue weighted by molar-refractivity contribution is 0.0116. The van der Waals surface area contributed by atoms with Crippen molar-refractivity contribution < 1.29 is 4.74 Å². The maximum Gasteiger partial charge on any atom is 0.0594 e. The Morgan fingerprint density at radius 1 is 1.19 bits per heavy atom. The van der Waals surface area contributed by atoms with Crippen LogP contribution >= 0.6 is 0 Å². The van der Waals surface area contributed by atoms with Crippen molar-refractivity contribution in [2.75, 3.05) is 26.3 Å². The standard InChI is InChI=1S/C13H20N2O/c1-11(14)13(12-5-3-2-4-6-12)15-7-9-16-10-8-15/h2-6,11,13H,7-10,14H2,1H3/t11-,13+/m0/s1. The first kappa shape index (κ1) is 11.6. The van der Waals surface area contributed by atoms with Gasteiger partial charge in [0.2, 0.25) is 0 Å². The summed E-state index contributed by atoms with van der Waals surface area (Å²) in [5.41, 5.74) is 7.42. The van der Waals surface area contributed by atoms with E-state index in [1.54, 1.807) is 0 Å². The number of hydrogen-bond acceptors (Lipinski definition) is 3. The molecular weight excluding hydrogens is 200 g/mol. The lowest BCUT2D eigenvalue weighted by Crippen LogP contribution is -2.45. The molecule has 0 aliphatic carbocycles. The van der Waals surface area contributed by atoms with E-state index in [9.17, 15) is 0 Å². The van der Waals surface area contributed by atoms with E-state index in [2.05, 4.69) is 36.1 Å². The number of morpholine rings is 1. The van der Waals surface area contributed by atoms with E-state index >= 15 is 0 Å². The van der Waals surface area contributed by atoms with E-state index in [-0.39, 0.29) is 6.04 Å². The Balaban J connectivity index is 2.16. The molecule has 2 rings (SSSR count). The third-order valence-corrected chi connectivity index (χ3v) is 3.08. The highest BCUT2D eigenvalue weighted by Gasteiger charge is 2.25. The van der Waals surface area contributed by atoms with Gasteiger partial charge in [0.15, 0.2) is 0 Å². The van der Waals surface area contributed by atoms with Gasteiger partial charge in [-0.3, -0.25) is 4.90 Å². The summed E-state index contributed by atoms with van der Waals surface area (Å²) in [7, 11) is 0. The monoisotopic (exact) mass is 220 g/mol. The van der Waals surface area contributed by atoms with Crippen LogP contribution in [0.2, 0.25) is 0 Å². The maximum atomic E-state index is 6.12. The first-order valence-corrected chi connectivity index (χ1v) is 5.91. The fourth-order valence-corrected chi connectivity index (χ4v) is 2.35. The molecule has 3 heteroatoms. The number of nitrogens with zero attached hydrogens (tertiary/aromatic N) is 1. The molecule has 0 bridgehead atoms. The van der Waals surface area contributed by atoms with Gasteiger partial charge in [0, 0.05) is 25.2 Å². The molecule has 1 aliphatic rings. The molecule has 0 aromatic heterocycles. The maximum absolute atomic E-state index is 6.12. The molecule has 2 N–H and O–H groups in total. The van der Waals surface area contributed by atoms with Gasteiger partial charge in [0.1, 0.15) is 0 Å².